The van der Waals surface area contributed by atoms with Crippen LogP contribution >= 0.6 is 0 Å². The van der Waals surface area contributed by atoms with E-state index in [1.807, 2.05) is 18.5 Å². The van der Waals surface area contributed by atoms with Crippen LogP contribution in [0.15, 0.2) is 42.2 Å². The van der Waals surface area contributed by atoms with Crippen LogP contribution in [-0.2, 0) is 0 Å². The third-order valence-electron chi connectivity index (χ3n) is 4.67. The predicted molar refractivity (Wildman–Crippen MR) is 110 cm³/mol. The van der Waals surface area contributed by atoms with E-state index in [2.05, 4.69) is 62.7 Å². The molecule has 0 fully saturated rings. The number of aliphatic imine (C=N–C) groups is 1. The second-order valence-corrected chi connectivity index (χ2v) is 6.45. The summed E-state index contributed by atoms with van der Waals surface area (Å²) in [6.07, 6.45) is 7.16. The highest BCUT2D eigenvalue weighted by molar-refractivity contribution is 5.96. The topological polar surface area (TPSA) is 82.6 Å². The van der Waals surface area contributed by atoms with Crippen molar-refractivity contribution in [1.82, 2.24) is 25.1 Å². The number of hydrogen-bond donors (Lipinski definition) is 2. The van der Waals surface area contributed by atoms with Crippen LogP contribution in [0.4, 0.5) is 0 Å². The fraction of sp³-hybridized carbons (Fsp3) is 0.143. The Hall–Kier alpha value is -3.54. The van der Waals surface area contributed by atoms with E-state index < -0.39 is 0 Å². The standard InChI is InChI=1S/C21H20N6/c1-5-17-19(11-22-4)25-21(24-17)20-15-9-14(13(3)8-18(15)26-27-20)16-10-23-7-6-12(16)2/h5-11H,1H2,2-4H3,(H,24,25)(H,26,27). The van der Waals surface area contributed by atoms with Crippen molar-refractivity contribution < 1.29 is 0 Å². The number of aromatic amines is 2. The molecule has 0 aliphatic carbocycles. The monoisotopic (exact) mass is 356 g/mol. The summed E-state index contributed by atoms with van der Waals surface area (Å²) >= 11 is 0. The van der Waals surface area contributed by atoms with Gasteiger partial charge in [0.05, 0.1) is 16.9 Å². The Morgan fingerprint density at radius 1 is 1.15 bits per heavy atom. The van der Waals surface area contributed by atoms with Crippen molar-refractivity contribution in [2.24, 2.45) is 4.99 Å². The number of aryl methyl sites for hydroxylation is 2. The third-order valence-corrected chi connectivity index (χ3v) is 4.67. The summed E-state index contributed by atoms with van der Waals surface area (Å²) in [7, 11) is 1.72. The maximum atomic E-state index is 4.62. The minimum Gasteiger partial charge on any atom is -0.335 e. The lowest BCUT2D eigenvalue weighted by atomic mass is 9.96. The van der Waals surface area contributed by atoms with Gasteiger partial charge in [-0.15, -0.1) is 0 Å². The van der Waals surface area contributed by atoms with Gasteiger partial charge in [0.25, 0.3) is 0 Å². The zero-order valence-corrected chi connectivity index (χ0v) is 15.5. The maximum absolute atomic E-state index is 4.62. The number of H-pyrrole nitrogens is 2. The average Bonchev–Trinajstić information content (AvgIpc) is 3.25. The number of pyridine rings is 1. The first-order valence-corrected chi connectivity index (χ1v) is 8.67. The summed E-state index contributed by atoms with van der Waals surface area (Å²) < 4.78 is 0. The molecule has 2 N–H and O–H groups in total. The van der Waals surface area contributed by atoms with E-state index in [1.54, 1.807) is 19.3 Å². The van der Waals surface area contributed by atoms with Crippen LogP contribution in [0.2, 0.25) is 0 Å². The molecule has 0 saturated carbocycles. The van der Waals surface area contributed by atoms with Gasteiger partial charge >= 0.3 is 0 Å². The predicted octanol–water partition coefficient (Wildman–Crippen LogP) is 4.32. The molecular weight excluding hydrogens is 336 g/mol. The number of nitrogens with zero attached hydrogens (tertiary/aromatic N) is 4. The molecule has 0 unspecified atom stereocenters. The maximum Gasteiger partial charge on any atom is 0.159 e. The molecule has 6 heteroatoms. The molecule has 0 aliphatic heterocycles. The average molecular weight is 356 g/mol. The second kappa shape index (κ2) is 6.64. The van der Waals surface area contributed by atoms with Crippen LogP contribution in [0, 0.1) is 13.8 Å². The summed E-state index contributed by atoms with van der Waals surface area (Å²) in [6, 6.07) is 6.28. The number of hydrogen-bond acceptors (Lipinski definition) is 4. The SMILES string of the molecule is C=Cc1nc(-c2n[nH]c3cc(C)c(-c4cnccc4C)cc23)[nH]c1C=NC. The summed E-state index contributed by atoms with van der Waals surface area (Å²) in [5, 5.41) is 8.62. The molecular formula is C21H20N6. The second-order valence-electron chi connectivity index (χ2n) is 6.45. The summed E-state index contributed by atoms with van der Waals surface area (Å²) in [6.45, 7) is 8.02. The first kappa shape index (κ1) is 16.9. The summed E-state index contributed by atoms with van der Waals surface area (Å²) in [5.74, 6) is 0.684. The van der Waals surface area contributed by atoms with E-state index in [-0.39, 0.29) is 0 Å². The Labute approximate surface area is 157 Å². The van der Waals surface area contributed by atoms with Gasteiger partial charge in [-0.05, 0) is 54.8 Å². The zero-order chi connectivity index (χ0) is 19.0. The molecule has 4 rings (SSSR count). The molecule has 134 valence electrons. The van der Waals surface area contributed by atoms with Crippen molar-refractivity contribution in [1.29, 1.82) is 0 Å². The molecule has 27 heavy (non-hydrogen) atoms. The minimum absolute atomic E-state index is 0.684. The highest BCUT2D eigenvalue weighted by Crippen LogP contribution is 2.33. The van der Waals surface area contributed by atoms with Crippen molar-refractivity contribution in [3.63, 3.8) is 0 Å². The van der Waals surface area contributed by atoms with E-state index in [9.17, 15) is 0 Å². The van der Waals surface area contributed by atoms with Gasteiger partial charge in [-0.25, -0.2) is 4.98 Å². The smallest absolute Gasteiger partial charge is 0.159 e. The normalized spacial score (nSPS) is 11.5. The van der Waals surface area contributed by atoms with Crippen LogP contribution in [0.25, 0.3) is 39.6 Å². The molecule has 0 amide bonds. The molecule has 0 aliphatic rings. The van der Waals surface area contributed by atoms with Crippen molar-refractivity contribution >= 4 is 23.2 Å². The largest absolute Gasteiger partial charge is 0.335 e. The summed E-state index contributed by atoms with van der Waals surface area (Å²) in [5.41, 5.74) is 7.92. The number of aromatic nitrogens is 5. The van der Waals surface area contributed by atoms with Crippen LogP contribution in [0.5, 0.6) is 0 Å². The van der Waals surface area contributed by atoms with Gasteiger partial charge < -0.3 is 4.98 Å². The minimum atomic E-state index is 0.684. The van der Waals surface area contributed by atoms with Crippen LogP contribution < -0.4 is 0 Å². The molecule has 1 aromatic carbocycles. The number of fused-ring (bicyclic) bond motifs is 1. The Morgan fingerprint density at radius 3 is 2.74 bits per heavy atom. The molecule has 4 aromatic rings. The Morgan fingerprint density at radius 2 is 2.00 bits per heavy atom. The Balaban J connectivity index is 1.92. The van der Waals surface area contributed by atoms with Crippen molar-refractivity contribution in [3.05, 3.63) is 59.7 Å². The molecule has 3 aromatic heterocycles. The molecule has 6 nitrogen and oxygen atoms in total. The van der Waals surface area contributed by atoms with Crippen molar-refractivity contribution in [2.75, 3.05) is 7.05 Å². The summed E-state index contributed by atoms with van der Waals surface area (Å²) in [4.78, 5) is 16.3. The van der Waals surface area contributed by atoms with E-state index in [1.165, 1.54) is 11.1 Å². The zero-order valence-electron chi connectivity index (χ0n) is 15.5. The fourth-order valence-electron chi connectivity index (χ4n) is 3.28. The lowest BCUT2D eigenvalue weighted by molar-refractivity contribution is 1.10. The third kappa shape index (κ3) is 2.85. The number of imidazole rings is 1. The molecule has 0 bridgehead atoms. The van der Waals surface area contributed by atoms with E-state index in [4.69, 9.17) is 0 Å². The highest BCUT2D eigenvalue weighted by atomic mass is 15.1. The lowest BCUT2D eigenvalue weighted by Crippen LogP contribution is -1.89. The quantitative estimate of drug-likeness (QED) is 0.534. The molecule has 3 heterocycles. The van der Waals surface area contributed by atoms with Crippen molar-refractivity contribution in [2.45, 2.75) is 13.8 Å². The number of benzene rings is 1. The van der Waals surface area contributed by atoms with Gasteiger partial charge in [0.15, 0.2) is 5.82 Å². The van der Waals surface area contributed by atoms with Gasteiger partial charge in [-0.3, -0.25) is 15.1 Å². The Bertz CT molecular complexity index is 1180. The molecule has 0 spiro atoms. The molecule has 0 atom stereocenters. The van der Waals surface area contributed by atoms with E-state index in [0.717, 1.165) is 39.1 Å². The molecule has 0 saturated heterocycles. The highest BCUT2D eigenvalue weighted by Gasteiger charge is 2.16. The van der Waals surface area contributed by atoms with Crippen LogP contribution in [0.1, 0.15) is 22.5 Å². The van der Waals surface area contributed by atoms with E-state index in [0.29, 0.717) is 5.82 Å². The van der Waals surface area contributed by atoms with Crippen LogP contribution in [-0.4, -0.2) is 38.4 Å². The van der Waals surface area contributed by atoms with Gasteiger partial charge in [-0.1, -0.05) is 6.58 Å². The van der Waals surface area contributed by atoms with Gasteiger partial charge in [0.1, 0.15) is 5.69 Å². The van der Waals surface area contributed by atoms with Gasteiger partial charge in [-0.2, -0.15) is 5.10 Å². The first-order valence-electron chi connectivity index (χ1n) is 8.67. The van der Waals surface area contributed by atoms with Crippen LogP contribution in [0.3, 0.4) is 0 Å². The van der Waals surface area contributed by atoms with Gasteiger partial charge in [0.2, 0.25) is 0 Å². The number of rotatable bonds is 4. The Kier molecular flexibility index (Phi) is 4.16. The van der Waals surface area contributed by atoms with Crippen molar-refractivity contribution in [3.8, 4) is 22.6 Å². The molecule has 0 radical (unpaired) electrons. The first-order chi connectivity index (χ1) is 13.1. The number of nitrogens with one attached hydrogen (secondary N) is 2. The lowest BCUT2D eigenvalue weighted by Gasteiger charge is -2.09. The van der Waals surface area contributed by atoms with Gasteiger partial charge in [0, 0.05) is 36.6 Å². The van der Waals surface area contributed by atoms with E-state index >= 15 is 0 Å². The fourth-order valence-corrected chi connectivity index (χ4v) is 3.28.